The van der Waals surface area contributed by atoms with Gasteiger partial charge in [0, 0.05) is 30.7 Å². The molecule has 6 nitrogen and oxygen atoms in total. The number of methoxy groups -OCH3 is 1. The summed E-state index contributed by atoms with van der Waals surface area (Å²) in [6.45, 7) is 0.881. The fraction of sp³-hybridized carbons (Fsp3) is 0.278. The van der Waals surface area contributed by atoms with Gasteiger partial charge in [0.05, 0.1) is 17.6 Å². The summed E-state index contributed by atoms with van der Waals surface area (Å²) in [6, 6.07) is 9.86. The molecule has 9 heteroatoms. The first kappa shape index (κ1) is 19.8. The molecular weight excluding hydrogens is 439 g/mol. The van der Waals surface area contributed by atoms with Crippen molar-refractivity contribution >= 4 is 31.9 Å². The average molecular weight is 457 g/mol. The smallest absolute Gasteiger partial charge is 0.255 e. The largest absolute Gasteiger partial charge is 0.497 e. The van der Waals surface area contributed by atoms with E-state index in [1.807, 2.05) is 0 Å². The number of nitrogens with zero attached hydrogens (tertiary/aromatic N) is 2. The number of carbonyl (C=O) groups is 1. The molecule has 1 aliphatic heterocycles. The SMILES string of the molecule is COc1ccc(Br)c(C(=O)N2CCN(S(=O)(=O)c3ccc(F)cc3)CC2)c1. The second kappa shape index (κ2) is 7.95. The summed E-state index contributed by atoms with van der Waals surface area (Å²) in [5.74, 6) is -0.119. The van der Waals surface area contributed by atoms with Crippen molar-refractivity contribution in [2.45, 2.75) is 4.90 Å². The molecule has 0 bridgehead atoms. The van der Waals surface area contributed by atoms with E-state index in [2.05, 4.69) is 15.9 Å². The van der Waals surface area contributed by atoms with Crippen molar-refractivity contribution in [2.24, 2.45) is 0 Å². The minimum absolute atomic E-state index is 0.0409. The third kappa shape index (κ3) is 4.15. The normalized spacial score (nSPS) is 15.6. The maximum atomic E-state index is 13.0. The van der Waals surface area contributed by atoms with Crippen molar-refractivity contribution in [3.05, 3.63) is 58.3 Å². The van der Waals surface area contributed by atoms with Crippen LogP contribution in [0.4, 0.5) is 4.39 Å². The third-order valence-electron chi connectivity index (χ3n) is 4.38. The maximum absolute atomic E-state index is 13.0. The van der Waals surface area contributed by atoms with Crippen LogP contribution in [0.2, 0.25) is 0 Å². The zero-order chi connectivity index (χ0) is 19.6. The first-order chi connectivity index (χ1) is 12.8. The lowest BCUT2D eigenvalue weighted by molar-refractivity contribution is 0.0696. The third-order valence-corrected chi connectivity index (χ3v) is 6.99. The summed E-state index contributed by atoms with van der Waals surface area (Å²) < 4.78 is 45.5. The fourth-order valence-corrected chi connectivity index (χ4v) is 4.69. The van der Waals surface area contributed by atoms with E-state index in [9.17, 15) is 17.6 Å². The van der Waals surface area contributed by atoms with Crippen molar-refractivity contribution < 1.29 is 22.3 Å². The van der Waals surface area contributed by atoms with Gasteiger partial charge in [0.1, 0.15) is 11.6 Å². The molecule has 2 aromatic rings. The Labute approximate surface area is 165 Å². The molecule has 0 spiro atoms. The van der Waals surface area contributed by atoms with E-state index < -0.39 is 15.8 Å². The molecule has 144 valence electrons. The van der Waals surface area contributed by atoms with Crippen LogP contribution in [0.1, 0.15) is 10.4 Å². The lowest BCUT2D eigenvalue weighted by Gasteiger charge is -2.34. The minimum atomic E-state index is -3.71. The van der Waals surface area contributed by atoms with Crippen LogP contribution in [-0.4, -0.2) is 56.8 Å². The number of halogens is 2. The molecule has 0 aromatic heterocycles. The molecule has 1 amide bonds. The van der Waals surface area contributed by atoms with Gasteiger partial charge in [-0.25, -0.2) is 12.8 Å². The van der Waals surface area contributed by atoms with Gasteiger partial charge in [-0.2, -0.15) is 4.31 Å². The summed E-state index contributed by atoms with van der Waals surface area (Å²) >= 11 is 3.37. The van der Waals surface area contributed by atoms with Gasteiger partial charge < -0.3 is 9.64 Å². The highest BCUT2D eigenvalue weighted by Crippen LogP contribution is 2.25. The van der Waals surface area contributed by atoms with Crippen LogP contribution >= 0.6 is 15.9 Å². The molecule has 1 aliphatic rings. The Bertz CT molecular complexity index is 942. The highest BCUT2D eigenvalue weighted by atomic mass is 79.9. The quantitative estimate of drug-likeness (QED) is 0.709. The first-order valence-electron chi connectivity index (χ1n) is 8.21. The van der Waals surface area contributed by atoms with Crippen LogP contribution in [0.5, 0.6) is 5.75 Å². The van der Waals surface area contributed by atoms with Gasteiger partial charge in [-0.05, 0) is 58.4 Å². The molecule has 0 radical (unpaired) electrons. The van der Waals surface area contributed by atoms with Gasteiger partial charge in [0.2, 0.25) is 10.0 Å². The molecule has 0 saturated carbocycles. The van der Waals surface area contributed by atoms with E-state index in [1.54, 1.807) is 23.1 Å². The van der Waals surface area contributed by atoms with Gasteiger partial charge in [0.25, 0.3) is 5.91 Å². The highest BCUT2D eigenvalue weighted by molar-refractivity contribution is 9.10. The Balaban J connectivity index is 1.71. The van der Waals surface area contributed by atoms with E-state index in [0.29, 0.717) is 15.8 Å². The van der Waals surface area contributed by atoms with Gasteiger partial charge in [-0.1, -0.05) is 0 Å². The zero-order valence-electron chi connectivity index (χ0n) is 14.6. The fourth-order valence-electron chi connectivity index (χ4n) is 2.85. The number of sulfonamides is 1. The lowest BCUT2D eigenvalue weighted by atomic mass is 10.1. The number of hydrogen-bond acceptors (Lipinski definition) is 4. The molecule has 1 fully saturated rings. The average Bonchev–Trinajstić information content (AvgIpc) is 2.68. The van der Waals surface area contributed by atoms with E-state index in [1.165, 1.54) is 23.5 Å². The Hall–Kier alpha value is -1.97. The van der Waals surface area contributed by atoms with Crippen LogP contribution in [0.3, 0.4) is 0 Å². The zero-order valence-corrected chi connectivity index (χ0v) is 17.0. The van der Waals surface area contributed by atoms with Gasteiger partial charge in [0.15, 0.2) is 0 Å². The first-order valence-corrected chi connectivity index (χ1v) is 10.4. The Kier molecular flexibility index (Phi) is 5.83. The van der Waals surface area contributed by atoms with Crippen LogP contribution in [-0.2, 0) is 10.0 Å². The Morgan fingerprint density at radius 1 is 1.07 bits per heavy atom. The molecular formula is C18H18BrFN2O4S. The topological polar surface area (TPSA) is 66.9 Å². The molecule has 0 unspecified atom stereocenters. The number of ether oxygens (including phenoxy) is 1. The van der Waals surface area contributed by atoms with Crippen LogP contribution in [0.15, 0.2) is 51.8 Å². The van der Waals surface area contributed by atoms with E-state index in [-0.39, 0.29) is 37.0 Å². The summed E-state index contributed by atoms with van der Waals surface area (Å²) in [7, 11) is -2.19. The predicted octanol–water partition coefficient (Wildman–Crippen LogP) is 2.74. The number of benzene rings is 2. The van der Waals surface area contributed by atoms with E-state index in [0.717, 1.165) is 12.1 Å². The molecule has 1 heterocycles. The van der Waals surface area contributed by atoms with Gasteiger partial charge in [-0.3, -0.25) is 4.79 Å². The Morgan fingerprint density at radius 3 is 2.30 bits per heavy atom. The van der Waals surface area contributed by atoms with Crippen molar-refractivity contribution in [2.75, 3.05) is 33.3 Å². The molecule has 3 rings (SSSR count). The molecule has 0 N–H and O–H groups in total. The van der Waals surface area contributed by atoms with Gasteiger partial charge >= 0.3 is 0 Å². The van der Waals surface area contributed by atoms with Gasteiger partial charge in [-0.15, -0.1) is 0 Å². The number of piperazine rings is 1. The van der Waals surface area contributed by atoms with E-state index >= 15 is 0 Å². The van der Waals surface area contributed by atoms with E-state index in [4.69, 9.17) is 4.74 Å². The monoisotopic (exact) mass is 456 g/mol. The molecule has 1 saturated heterocycles. The maximum Gasteiger partial charge on any atom is 0.255 e. The second-order valence-electron chi connectivity index (χ2n) is 6.00. The highest BCUT2D eigenvalue weighted by Gasteiger charge is 2.31. The van der Waals surface area contributed by atoms with Crippen LogP contribution in [0.25, 0.3) is 0 Å². The second-order valence-corrected chi connectivity index (χ2v) is 8.79. The number of carbonyl (C=O) groups excluding carboxylic acids is 1. The summed E-state index contributed by atoms with van der Waals surface area (Å²) in [5, 5.41) is 0. The number of hydrogen-bond donors (Lipinski definition) is 0. The van der Waals surface area contributed by atoms with Crippen LogP contribution < -0.4 is 4.74 Å². The number of rotatable bonds is 4. The lowest BCUT2D eigenvalue weighted by Crippen LogP contribution is -2.50. The Morgan fingerprint density at radius 2 is 1.70 bits per heavy atom. The van der Waals surface area contributed by atoms with Crippen molar-refractivity contribution in [1.29, 1.82) is 0 Å². The van der Waals surface area contributed by atoms with Crippen molar-refractivity contribution in [1.82, 2.24) is 9.21 Å². The summed E-state index contributed by atoms with van der Waals surface area (Å²) in [6.07, 6.45) is 0. The molecule has 0 atom stereocenters. The van der Waals surface area contributed by atoms with Crippen LogP contribution in [0, 0.1) is 5.82 Å². The summed E-state index contributed by atoms with van der Waals surface area (Å²) in [5.41, 5.74) is 0.462. The molecule has 2 aromatic carbocycles. The predicted molar refractivity (Wildman–Crippen MR) is 102 cm³/mol. The standard InChI is InChI=1S/C18H18BrFN2O4S/c1-26-14-4-7-17(19)16(12-14)18(23)21-8-10-22(11-9-21)27(24,25)15-5-2-13(20)3-6-15/h2-7,12H,8-11H2,1H3. The van der Waals surface area contributed by atoms with Crippen molar-refractivity contribution in [3.8, 4) is 5.75 Å². The molecule has 0 aliphatic carbocycles. The minimum Gasteiger partial charge on any atom is -0.497 e. The molecule has 27 heavy (non-hydrogen) atoms. The summed E-state index contributed by atoms with van der Waals surface area (Å²) in [4.78, 5) is 14.4. The number of amides is 1. The van der Waals surface area contributed by atoms with Crippen molar-refractivity contribution in [3.63, 3.8) is 0 Å².